The molecule has 0 amide bonds. The molecule has 1 heterocycles. The lowest BCUT2D eigenvalue weighted by atomic mass is 10.0. The third-order valence-corrected chi connectivity index (χ3v) is 3.71. The molecular weight excluding hydrogens is 248 g/mol. The fourth-order valence-electron chi connectivity index (χ4n) is 2.64. The van der Waals surface area contributed by atoms with Gasteiger partial charge in [-0.3, -0.25) is 0 Å². The molecule has 3 rings (SSSR count). The monoisotopic (exact) mass is 268 g/mol. The number of rotatable bonds is 4. The number of fused-ring (bicyclic) bond motifs is 1. The molecule has 0 saturated heterocycles. The normalized spacial score (nSPS) is 14.5. The molecule has 0 aliphatic carbocycles. The molecule has 3 heteroatoms. The molecule has 104 valence electrons. The standard InChI is InChI=1S/C17H20N2O/c1-12-3-2-4-15(9-12)19-16(11-18)13-5-6-17-14(10-13)7-8-20-17/h2-6,9-10,16,19H,7-8,11,18H2,1H3. The van der Waals surface area contributed by atoms with Crippen LogP contribution in [0.25, 0.3) is 0 Å². The SMILES string of the molecule is Cc1cccc(NC(CN)c2ccc3c(c2)CCO3)c1. The first-order valence-corrected chi connectivity index (χ1v) is 7.05. The smallest absolute Gasteiger partial charge is 0.122 e. The Balaban J connectivity index is 1.83. The molecule has 1 aliphatic rings. The summed E-state index contributed by atoms with van der Waals surface area (Å²) < 4.78 is 5.55. The van der Waals surface area contributed by atoms with E-state index < -0.39 is 0 Å². The molecule has 0 aromatic heterocycles. The number of nitrogens with two attached hydrogens (primary N) is 1. The summed E-state index contributed by atoms with van der Waals surface area (Å²) in [6.45, 7) is 3.44. The van der Waals surface area contributed by atoms with Gasteiger partial charge in [0, 0.05) is 18.7 Å². The van der Waals surface area contributed by atoms with E-state index in [0.29, 0.717) is 6.54 Å². The number of hydrogen-bond donors (Lipinski definition) is 2. The van der Waals surface area contributed by atoms with E-state index in [1.807, 2.05) is 0 Å². The minimum atomic E-state index is 0.127. The maximum Gasteiger partial charge on any atom is 0.122 e. The van der Waals surface area contributed by atoms with Gasteiger partial charge in [-0.2, -0.15) is 0 Å². The Hall–Kier alpha value is -2.00. The lowest BCUT2D eigenvalue weighted by Gasteiger charge is -2.19. The van der Waals surface area contributed by atoms with Crippen LogP contribution in [0.5, 0.6) is 5.75 Å². The van der Waals surface area contributed by atoms with E-state index in [0.717, 1.165) is 24.5 Å². The van der Waals surface area contributed by atoms with E-state index in [4.69, 9.17) is 10.5 Å². The molecule has 1 atom stereocenters. The number of nitrogens with one attached hydrogen (secondary N) is 1. The molecule has 3 N–H and O–H groups in total. The van der Waals surface area contributed by atoms with Crippen LogP contribution in [0.3, 0.4) is 0 Å². The van der Waals surface area contributed by atoms with Crippen LogP contribution in [0, 0.1) is 6.92 Å². The number of ether oxygens (including phenoxy) is 1. The average molecular weight is 268 g/mol. The number of benzene rings is 2. The van der Waals surface area contributed by atoms with Crippen LogP contribution >= 0.6 is 0 Å². The fourth-order valence-corrected chi connectivity index (χ4v) is 2.64. The van der Waals surface area contributed by atoms with Crippen LogP contribution < -0.4 is 15.8 Å². The summed E-state index contributed by atoms with van der Waals surface area (Å²) in [4.78, 5) is 0. The van der Waals surface area contributed by atoms with Crippen molar-refractivity contribution in [2.24, 2.45) is 5.73 Å². The highest BCUT2D eigenvalue weighted by Gasteiger charge is 2.16. The molecule has 1 aliphatic heterocycles. The van der Waals surface area contributed by atoms with Crippen molar-refractivity contribution in [2.45, 2.75) is 19.4 Å². The van der Waals surface area contributed by atoms with Gasteiger partial charge in [0.25, 0.3) is 0 Å². The van der Waals surface area contributed by atoms with Gasteiger partial charge >= 0.3 is 0 Å². The second kappa shape index (κ2) is 5.55. The van der Waals surface area contributed by atoms with Crippen LogP contribution in [-0.2, 0) is 6.42 Å². The van der Waals surface area contributed by atoms with Crippen molar-refractivity contribution in [3.8, 4) is 5.75 Å². The van der Waals surface area contributed by atoms with Crippen LogP contribution in [0.4, 0.5) is 5.69 Å². The van der Waals surface area contributed by atoms with E-state index in [9.17, 15) is 0 Å². The van der Waals surface area contributed by atoms with Crippen LogP contribution in [-0.4, -0.2) is 13.2 Å². The van der Waals surface area contributed by atoms with Gasteiger partial charge in [0.2, 0.25) is 0 Å². The first kappa shape index (κ1) is 13.0. The maximum atomic E-state index is 5.94. The third-order valence-electron chi connectivity index (χ3n) is 3.71. The van der Waals surface area contributed by atoms with E-state index in [1.165, 1.54) is 16.7 Å². The fraction of sp³-hybridized carbons (Fsp3) is 0.294. The summed E-state index contributed by atoms with van der Waals surface area (Å²) in [7, 11) is 0. The Labute approximate surface area is 119 Å². The molecule has 2 aromatic rings. The molecule has 0 radical (unpaired) electrons. The summed E-state index contributed by atoms with van der Waals surface area (Å²) in [5.74, 6) is 1.01. The third kappa shape index (κ3) is 2.63. The molecule has 1 unspecified atom stereocenters. The van der Waals surface area contributed by atoms with Crippen LogP contribution in [0.15, 0.2) is 42.5 Å². The molecule has 0 spiro atoms. The molecule has 3 nitrogen and oxygen atoms in total. The highest BCUT2D eigenvalue weighted by atomic mass is 16.5. The zero-order valence-electron chi connectivity index (χ0n) is 11.7. The predicted molar refractivity (Wildman–Crippen MR) is 82.2 cm³/mol. The highest BCUT2D eigenvalue weighted by molar-refractivity contribution is 5.49. The molecule has 0 bridgehead atoms. The summed E-state index contributed by atoms with van der Waals surface area (Å²) >= 11 is 0. The van der Waals surface area contributed by atoms with Gasteiger partial charge < -0.3 is 15.8 Å². The second-order valence-electron chi connectivity index (χ2n) is 5.27. The minimum absolute atomic E-state index is 0.127. The van der Waals surface area contributed by atoms with E-state index in [-0.39, 0.29) is 6.04 Å². The topological polar surface area (TPSA) is 47.3 Å². The van der Waals surface area contributed by atoms with Crippen molar-refractivity contribution in [3.63, 3.8) is 0 Å². The Morgan fingerprint density at radius 2 is 2.15 bits per heavy atom. The highest BCUT2D eigenvalue weighted by Crippen LogP contribution is 2.29. The lowest BCUT2D eigenvalue weighted by molar-refractivity contribution is 0.357. The van der Waals surface area contributed by atoms with Gasteiger partial charge in [0.15, 0.2) is 0 Å². The first-order valence-electron chi connectivity index (χ1n) is 7.05. The number of anilines is 1. The maximum absolute atomic E-state index is 5.94. The Morgan fingerprint density at radius 1 is 1.25 bits per heavy atom. The van der Waals surface area contributed by atoms with E-state index in [1.54, 1.807) is 0 Å². The van der Waals surface area contributed by atoms with Crippen molar-refractivity contribution in [1.29, 1.82) is 0 Å². The second-order valence-corrected chi connectivity index (χ2v) is 5.27. The average Bonchev–Trinajstić information content (AvgIpc) is 2.92. The molecular formula is C17H20N2O. The van der Waals surface area contributed by atoms with E-state index >= 15 is 0 Å². The van der Waals surface area contributed by atoms with Gasteiger partial charge in [-0.25, -0.2) is 0 Å². The molecule has 0 fully saturated rings. The Morgan fingerprint density at radius 3 is 2.95 bits per heavy atom. The van der Waals surface area contributed by atoms with Gasteiger partial charge in [-0.05, 0) is 47.9 Å². The van der Waals surface area contributed by atoms with Gasteiger partial charge in [-0.1, -0.05) is 18.2 Å². The quantitative estimate of drug-likeness (QED) is 0.896. The van der Waals surface area contributed by atoms with E-state index in [2.05, 4.69) is 54.7 Å². The zero-order valence-corrected chi connectivity index (χ0v) is 11.7. The van der Waals surface area contributed by atoms with Gasteiger partial charge in [-0.15, -0.1) is 0 Å². The first-order chi connectivity index (χ1) is 9.76. The van der Waals surface area contributed by atoms with Crippen LogP contribution in [0.2, 0.25) is 0 Å². The van der Waals surface area contributed by atoms with Crippen molar-refractivity contribution in [3.05, 3.63) is 59.2 Å². The number of hydrogen-bond acceptors (Lipinski definition) is 3. The molecule has 20 heavy (non-hydrogen) atoms. The van der Waals surface area contributed by atoms with Crippen molar-refractivity contribution in [1.82, 2.24) is 0 Å². The minimum Gasteiger partial charge on any atom is -0.493 e. The summed E-state index contributed by atoms with van der Waals surface area (Å²) in [6, 6.07) is 14.9. The summed E-state index contributed by atoms with van der Waals surface area (Å²) in [6.07, 6.45) is 0.991. The van der Waals surface area contributed by atoms with Gasteiger partial charge in [0.05, 0.1) is 12.6 Å². The van der Waals surface area contributed by atoms with Crippen molar-refractivity contribution < 1.29 is 4.74 Å². The number of aryl methyl sites for hydroxylation is 1. The largest absolute Gasteiger partial charge is 0.493 e. The Bertz CT molecular complexity index is 610. The molecule has 2 aromatic carbocycles. The van der Waals surface area contributed by atoms with Gasteiger partial charge in [0.1, 0.15) is 5.75 Å². The Kier molecular flexibility index (Phi) is 3.61. The van der Waals surface area contributed by atoms with Crippen molar-refractivity contribution >= 4 is 5.69 Å². The summed E-state index contributed by atoms with van der Waals surface area (Å²) in [5, 5.41) is 3.51. The summed E-state index contributed by atoms with van der Waals surface area (Å²) in [5.41, 5.74) is 10.8. The van der Waals surface area contributed by atoms with Crippen LogP contribution in [0.1, 0.15) is 22.7 Å². The zero-order chi connectivity index (χ0) is 13.9. The molecule has 0 saturated carbocycles. The van der Waals surface area contributed by atoms with Crippen molar-refractivity contribution in [2.75, 3.05) is 18.5 Å². The predicted octanol–water partition coefficient (Wildman–Crippen LogP) is 3.04. The lowest BCUT2D eigenvalue weighted by Crippen LogP contribution is -2.20.